The molecule has 4 atom stereocenters. The second kappa shape index (κ2) is 3.54. The lowest BCUT2D eigenvalue weighted by Gasteiger charge is -2.15. The topological polar surface area (TPSA) is 58.9 Å². The van der Waals surface area contributed by atoms with E-state index in [1.54, 1.807) is 0 Å². The van der Waals surface area contributed by atoms with E-state index in [4.69, 9.17) is 22.4 Å². The molecule has 4 unspecified atom stereocenters. The van der Waals surface area contributed by atoms with Gasteiger partial charge in [-0.1, -0.05) is 0 Å². The van der Waals surface area contributed by atoms with E-state index in [2.05, 4.69) is 0 Å². The standard InChI is InChI=1S/C6H11BO4/c1-10-5-4(9)3(2-8)11-6(5)7/h3-6,8-9H,2H2,1H3. The van der Waals surface area contributed by atoms with Crippen molar-refractivity contribution in [3.05, 3.63) is 0 Å². The van der Waals surface area contributed by atoms with E-state index in [9.17, 15) is 5.11 Å². The SMILES string of the molecule is [B]C1OC(CO)C(O)C1OC. The Bertz CT molecular complexity index is 132. The fraction of sp³-hybridized carbons (Fsp3) is 1.00. The van der Waals surface area contributed by atoms with Gasteiger partial charge in [-0.2, -0.15) is 0 Å². The molecular formula is C6H11BO4. The van der Waals surface area contributed by atoms with Crippen LogP contribution >= 0.6 is 0 Å². The van der Waals surface area contributed by atoms with E-state index in [0.717, 1.165) is 0 Å². The van der Waals surface area contributed by atoms with Crippen LogP contribution in [-0.4, -0.2) is 56.1 Å². The summed E-state index contributed by atoms with van der Waals surface area (Å²) < 4.78 is 9.84. The van der Waals surface area contributed by atoms with E-state index >= 15 is 0 Å². The fourth-order valence-corrected chi connectivity index (χ4v) is 1.19. The minimum Gasteiger partial charge on any atom is -0.394 e. The molecule has 2 N–H and O–H groups in total. The first-order chi connectivity index (χ1) is 5.20. The summed E-state index contributed by atoms with van der Waals surface area (Å²) in [4.78, 5) is 0. The number of hydrogen-bond donors (Lipinski definition) is 2. The third kappa shape index (κ3) is 1.56. The number of methoxy groups -OCH3 is 1. The molecule has 0 aromatic carbocycles. The second-order valence-electron chi connectivity index (χ2n) is 2.51. The molecule has 11 heavy (non-hydrogen) atoms. The molecule has 0 aromatic heterocycles. The average molecular weight is 158 g/mol. The summed E-state index contributed by atoms with van der Waals surface area (Å²) in [6, 6.07) is -0.646. The number of hydrogen-bond acceptors (Lipinski definition) is 4. The highest BCUT2D eigenvalue weighted by Crippen LogP contribution is 2.20. The van der Waals surface area contributed by atoms with Crippen LogP contribution in [-0.2, 0) is 9.47 Å². The first-order valence-electron chi connectivity index (χ1n) is 3.43. The monoisotopic (exact) mass is 158 g/mol. The van der Waals surface area contributed by atoms with Crippen LogP contribution in [0.5, 0.6) is 0 Å². The largest absolute Gasteiger partial charge is 0.394 e. The van der Waals surface area contributed by atoms with Crippen molar-refractivity contribution in [3.63, 3.8) is 0 Å². The zero-order chi connectivity index (χ0) is 8.43. The molecule has 62 valence electrons. The van der Waals surface area contributed by atoms with Crippen LogP contribution in [0.4, 0.5) is 0 Å². The van der Waals surface area contributed by atoms with Gasteiger partial charge in [0.1, 0.15) is 26.2 Å². The lowest BCUT2D eigenvalue weighted by Crippen LogP contribution is -2.35. The van der Waals surface area contributed by atoms with Crippen LogP contribution in [0.3, 0.4) is 0 Å². The Morgan fingerprint density at radius 3 is 2.55 bits per heavy atom. The van der Waals surface area contributed by atoms with Crippen molar-refractivity contribution < 1.29 is 19.7 Å². The molecule has 1 aliphatic heterocycles. The van der Waals surface area contributed by atoms with Crippen LogP contribution in [0.25, 0.3) is 0 Å². The molecule has 0 bridgehead atoms. The summed E-state index contributed by atoms with van der Waals surface area (Å²) in [6.07, 6.45) is -1.98. The van der Waals surface area contributed by atoms with Crippen molar-refractivity contribution in [2.75, 3.05) is 13.7 Å². The van der Waals surface area contributed by atoms with Crippen LogP contribution in [0.1, 0.15) is 0 Å². The molecule has 0 spiro atoms. The molecule has 0 amide bonds. The molecular weight excluding hydrogens is 147 g/mol. The van der Waals surface area contributed by atoms with Crippen LogP contribution in [0.15, 0.2) is 0 Å². The molecule has 1 rings (SSSR count). The fourth-order valence-electron chi connectivity index (χ4n) is 1.19. The van der Waals surface area contributed by atoms with Crippen molar-refractivity contribution >= 4 is 7.85 Å². The molecule has 2 radical (unpaired) electrons. The Morgan fingerprint density at radius 2 is 2.27 bits per heavy atom. The maximum Gasteiger partial charge on any atom is 0.112 e. The summed E-state index contributed by atoms with van der Waals surface area (Å²) in [5, 5.41) is 18.0. The highest BCUT2D eigenvalue weighted by atomic mass is 16.6. The Balaban J connectivity index is 2.55. The van der Waals surface area contributed by atoms with Gasteiger partial charge in [-0.05, 0) is 0 Å². The normalized spacial score (nSPS) is 44.6. The lowest BCUT2D eigenvalue weighted by atomic mass is 9.93. The smallest absolute Gasteiger partial charge is 0.112 e. The molecule has 1 saturated heterocycles. The lowest BCUT2D eigenvalue weighted by molar-refractivity contribution is -0.0145. The highest BCUT2D eigenvalue weighted by molar-refractivity contribution is 6.11. The number of aliphatic hydroxyl groups excluding tert-OH is 2. The average Bonchev–Trinajstić information content (AvgIpc) is 2.26. The molecule has 4 nitrogen and oxygen atoms in total. The van der Waals surface area contributed by atoms with Crippen molar-refractivity contribution in [2.45, 2.75) is 24.3 Å². The van der Waals surface area contributed by atoms with Crippen molar-refractivity contribution in [2.24, 2.45) is 0 Å². The number of rotatable bonds is 2. The minimum atomic E-state index is -0.833. The second-order valence-corrected chi connectivity index (χ2v) is 2.51. The van der Waals surface area contributed by atoms with Crippen molar-refractivity contribution in [1.82, 2.24) is 0 Å². The van der Waals surface area contributed by atoms with Gasteiger partial charge in [0.25, 0.3) is 0 Å². The molecule has 1 aliphatic rings. The first kappa shape index (κ1) is 9.00. The minimum absolute atomic E-state index is 0.241. The van der Waals surface area contributed by atoms with Gasteiger partial charge in [-0.25, -0.2) is 0 Å². The van der Waals surface area contributed by atoms with Crippen LogP contribution < -0.4 is 0 Å². The summed E-state index contributed by atoms with van der Waals surface area (Å²) in [6.45, 7) is -0.241. The molecule has 5 heteroatoms. The molecule has 1 heterocycles. The van der Waals surface area contributed by atoms with Gasteiger partial charge in [0.05, 0.1) is 6.61 Å². The Kier molecular flexibility index (Phi) is 2.89. The molecule has 1 fully saturated rings. The van der Waals surface area contributed by atoms with Crippen LogP contribution in [0, 0.1) is 0 Å². The zero-order valence-corrected chi connectivity index (χ0v) is 6.30. The summed E-state index contributed by atoms with van der Waals surface area (Å²) in [7, 11) is 6.87. The third-order valence-electron chi connectivity index (χ3n) is 1.83. The van der Waals surface area contributed by atoms with Gasteiger partial charge in [-0.15, -0.1) is 0 Å². The van der Waals surface area contributed by atoms with E-state index in [-0.39, 0.29) is 6.61 Å². The Morgan fingerprint density at radius 1 is 1.64 bits per heavy atom. The predicted molar refractivity (Wildman–Crippen MR) is 38.3 cm³/mol. The van der Waals surface area contributed by atoms with Gasteiger partial charge in [0.15, 0.2) is 0 Å². The maximum absolute atomic E-state index is 9.33. The molecule has 0 aromatic rings. The van der Waals surface area contributed by atoms with Gasteiger partial charge >= 0.3 is 0 Å². The first-order valence-corrected chi connectivity index (χ1v) is 3.43. The van der Waals surface area contributed by atoms with Gasteiger partial charge in [0.2, 0.25) is 0 Å². The summed E-state index contributed by atoms with van der Waals surface area (Å²) in [5.74, 6) is 0. The van der Waals surface area contributed by atoms with Gasteiger partial charge in [-0.3, -0.25) is 0 Å². The van der Waals surface area contributed by atoms with Crippen LogP contribution in [0.2, 0.25) is 0 Å². The summed E-state index contributed by atoms with van der Waals surface area (Å²) >= 11 is 0. The number of ether oxygens (including phenoxy) is 2. The maximum atomic E-state index is 9.33. The number of aliphatic hydroxyl groups is 2. The predicted octanol–water partition coefficient (Wildman–Crippen LogP) is -1.75. The van der Waals surface area contributed by atoms with E-state index in [1.165, 1.54) is 7.11 Å². The highest BCUT2D eigenvalue weighted by Gasteiger charge is 2.40. The van der Waals surface area contributed by atoms with Gasteiger partial charge in [0, 0.05) is 13.1 Å². The van der Waals surface area contributed by atoms with E-state index < -0.39 is 24.3 Å². The zero-order valence-electron chi connectivity index (χ0n) is 6.30. The van der Waals surface area contributed by atoms with Crippen molar-refractivity contribution in [3.8, 4) is 0 Å². The summed E-state index contributed by atoms with van der Waals surface area (Å²) in [5.41, 5.74) is 0. The quantitative estimate of drug-likeness (QED) is 0.467. The molecule has 0 aliphatic carbocycles. The van der Waals surface area contributed by atoms with E-state index in [1.807, 2.05) is 0 Å². The third-order valence-corrected chi connectivity index (χ3v) is 1.83. The molecule has 0 saturated carbocycles. The van der Waals surface area contributed by atoms with E-state index in [0.29, 0.717) is 0 Å². The van der Waals surface area contributed by atoms with Crippen molar-refractivity contribution in [1.29, 1.82) is 0 Å². The Labute approximate surface area is 66.5 Å². The Hall–Kier alpha value is -0.0951. The van der Waals surface area contributed by atoms with Gasteiger partial charge < -0.3 is 19.7 Å².